The Morgan fingerprint density at radius 1 is 1.30 bits per heavy atom. The molecule has 20 heavy (non-hydrogen) atoms. The van der Waals surface area contributed by atoms with E-state index < -0.39 is 0 Å². The van der Waals surface area contributed by atoms with Crippen molar-refractivity contribution in [2.75, 3.05) is 25.9 Å². The summed E-state index contributed by atoms with van der Waals surface area (Å²) in [6, 6.07) is 0. The summed E-state index contributed by atoms with van der Waals surface area (Å²) in [6.07, 6.45) is 2.08. The van der Waals surface area contributed by atoms with Gasteiger partial charge < -0.3 is 16.0 Å². The molecule has 1 amide bonds. The van der Waals surface area contributed by atoms with Crippen molar-refractivity contribution in [3.63, 3.8) is 0 Å². The number of nitrogens with zero attached hydrogens (tertiary/aromatic N) is 1. The minimum Gasteiger partial charge on any atom is -0.357 e. The van der Waals surface area contributed by atoms with E-state index >= 15 is 0 Å². The number of halogens is 1. The molecule has 0 aliphatic carbocycles. The lowest BCUT2D eigenvalue weighted by atomic mass is 10.1. The minimum atomic E-state index is -0.217. The van der Waals surface area contributed by atoms with E-state index in [1.807, 2.05) is 27.7 Å². The van der Waals surface area contributed by atoms with E-state index in [1.54, 1.807) is 11.8 Å². The summed E-state index contributed by atoms with van der Waals surface area (Å²) in [7, 11) is 0. The average Bonchev–Trinajstić information content (AvgIpc) is 2.30. The number of hydrogen-bond acceptors (Lipinski definition) is 3. The van der Waals surface area contributed by atoms with Crippen molar-refractivity contribution in [3.8, 4) is 0 Å². The molecule has 1 unspecified atom stereocenters. The summed E-state index contributed by atoms with van der Waals surface area (Å²) >= 11 is 1.79. The zero-order chi connectivity index (χ0) is 14.9. The molecule has 0 heterocycles. The second kappa shape index (κ2) is 11.5. The Morgan fingerprint density at radius 3 is 2.35 bits per heavy atom. The van der Waals surface area contributed by atoms with Crippen molar-refractivity contribution in [1.82, 2.24) is 16.0 Å². The topological polar surface area (TPSA) is 65.5 Å². The van der Waals surface area contributed by atoms with Gasteiger partial charge in [0.05, 0.1) is 0 Å². The number of carbonyl (C=O) groups is 1. The SMILES string of the molecule is CCNC(=NCC(=O)NC(C)(C)C)NCC(C)SC.I. The van der Waals surface area contributed by atoms with Crippen LogP contribution in [0, 0.1) is 0 Å². The van der Waals surface area contributed by atoms with Crippen LogP contribution in [0.2, 0.25) is 0 Å². The van der Waals surface area contributed by atoms with Crippen molar-refractivity contribution in [2.45, 2.75) is 45.4 Å². The summed E-state index contributed by atoms with van der Waals surface area (Å²) in [5, 5.41) is 9.75. The number of rotatable bonds is 6. The highest BCUT2D eigenvalue weighted by atomic mass is 127. The van der Waals surface area contributed by atoms with Crippen molar-refractivity contribution in [3.05, 3.63) is 0 Å². The van der Waals surface area contributed by atoms with Gasteiger partial charge in [-0.1, -0.05) is 6.92 Å². The third-order valence-corrected chi connectivity index (χ3v) is 3.17. The quantitative estimate of drug-likeness (QED) is 0.351. The van der Waals surface area contributed by atoms with Gasteiger partial charge in [-0.15, -0.1) is 24.0 Å². The monoisotopic (exact) mass is 416 g/mol. The molecule has 0 fully saturated rings. The van der Waals surface area contributed by atoms with Crippen molar-refractivity contribution in [1.29, 1.82) is 0 Å². The molecule has 0 bridgehead atoms. The van der Waals surface area contributed by atoms with E-state index in [9.17, 15) is 4.79 Å². The largest absolute Gasteiger partial charge is 0.357 e. The van der Waals surface area contributed by atoms with Crippen LogP contribution in [0.4, 0.5) is 0 Å². The lowest BCUT2D eigenvalue weighted by molar-refractivity contribution is -0.121. The highest BCUT2D eigenvalue weighted by molar-refractivity contribution is 14.0. The Balaban J connectivity index is 0. The van der Waals surface area contributed by atoms with E-state index in [4.69, 9.17) is 0 Å². The lowest BCUT2D eigenvalue weighted by Crippen LogP contribution is -2.43. The Bertz CT molecular complexity index is 305. The van der Waals surface area contributed by atoms with Gasteiger partial charge in [0.25, 0.3) is 0 Å². The third kappa shape index (κ3) is 12.8. The van der Waals surface area contributed by atoms with Gasteiger partial charge in [-0.25, -0.2) is 4.99 Å². The summed E-state index contributed by atoms with van der Waals surface area (Å²) in [6.45, 7) is 11.8. The summed E-state index contributed by atoms with van der Waals surface area (Å²) in [5.74, 6) is 0.620. The van der Waals surface area contributed by atoms with Gasteiger partial charge in [0, 0.05) is 23.9 Å². The maximum atomic E-state index is 11.7. The molecule has 120 valence electrons. The van der Waals surface area contributed by atoms with Crippen molar-refractivity contribution < 1.29 is 4.79 Å². The van der Waals surface area contributed by atoms with Gasteiger partial charge in [0.2, 0.25) is 5.91 Å². The van der Waals surface area contributed by atoms with Crippen LogP contribution in [0.25, 0.3) is 0 Å². The predicted octanol–water partition coefficient (Wildman–Crippen LogP) is 1.83. The second-order valence-electron chi connectivity index (χ2n) is 5.42. The lowest BCUT2D eigenvalue weighted by Gasteiger charge is -2.20. The molecule has 0 aromatic heterocycles. The molecule has 0 rings (SSSR count). The van der Waals surface area contributed by atoms with Crippen LogP contribution in [0.3, 0.4) is 0 Å². The molecule has 0 saturated carbocycles. The third-order valence-electron chi connectivity index (χ3n) is 2.20. The van der Waals surface area contributed by atoms with Crippen LogP contribution in [0.5, 0.6) is 0 Å². The smallest absolute Gasteiger partial charge is 0.242 e. The van der Waals surface area contributed by atoms with Crippen molar-refractivity contribution in [2.24, 2.45) is 4.99 Å². The van der Waals surface area contributed by atoms with Crippen LogP contribution < -0.4 is 16.0 Å². The molecule has 0 aliphatic rings. The van der Waals surface area contributed by atoms with Gasteiger partial charge in [0.15, 0.2) is 5.96 Å². The first-order valence-electron chi connectivity index (χ1n) is 6.64. The Labute approximate surface area is 144 Å². The van der Waals surface area contributed by atoms with Gasteiger partial charge in [-0.05, 0) is 34.0 Å². The Kier molecular flexibility index (Phi) is 12.7. The van der Waals surface area contributed by atoms with Crippen LogP contribution >= 0.6 is 35.7 Å². The zero-order valence-corrected chi connectivity index (χ0v) is 16.5. The molecule has 1 atom stereocenters. The summed E-state index contributed by atoms with van der Waals surface area (Å²) in [5.41, 5.74) is -0.217. The van der Waals surface area contributed by atoms with Crippen LogP contribution in [0.15, 0.2) is 4.99 Å². The van der Waals surface area contributed by atoms with Crippen molar-refractivity contribution >= 4 is 47.6 Å². The fourth-order valence-electron chi connectivity index (χ4n) is 1.27. The van der Waals surface area contributed by atoms with E-state index in [-0.39, 0.29) is 42.0 Å². The van der Waals surface area contributed by atoms with Gasteiger partial charge in [-0.3, -0.25) is 4.79 Å². The van der Waals surface area contributed by atoms with E-state index in [0.29, 0.717) is 11.2 Å². The highest BCUT2D eigenvalue weighted by Crippen LogP contribution is 2.02. The summed E-state index contributed by atoms with van der Waals surface area (Å²) < 4.78 is 0. The van der Waals surface area contributed by atoms with Crippen LogP contribution in [0.1, 0.15) is 34.6 Å². The second-order valence-corrected chi connectivity index (χ2v) is 6.70. The number of aliphatic imine (C=N–C) groups is 1. The number of thioether (sulfide) groups is 1. The number of amides is 1. The summed E-state index contributed by atoms with van der Waals surface area (Å²) in [4.78, 5) is 16.0. The Morgan fingerprint density at radius 2 is 1.90 bits per heavy atom. The number of carbonyl (C=O) groups excluding carboxylic acids is 1. The normalized spacial score (nSPS) is 13.2. The molecule has 7 heteroatoms. The number of hydrogen-bond donors (Lipinski definition) is 3. The Hall–Kier alpha value is -0.180. The number of nitrogens with one attached hydrogen (secondary N) is 3. The predicted molar refractivity (Wildman–Crippen MR) is 100 cm³/mol. The van der Waals surface area contributed by atoms with E-state index in [1.165, 1.54) is 0 Å². The highest BCUT2D eigenvalue weighted by Gasteiger charge is 2.13. The average molecular weight is 416 g/mol. The van der Waals surface area contributed by atoms with E-state index in [2.05, 4.69) is 34.1 Å². The molecule has 0 radical (unpaired) electrons. The first kappa shape index (κ1) is 22.1. The van der Waals surface area contributed by atoms with E-state index in [0.717, 1.165) is 13.1 Å². The molecule has 0 aliphatic heterocycles. The van der Waals surface area contributed by atoms with Gasteiger partial charge in [0.1, 0.15) is 6.54 Å². The molecular formula is C13H29IN4OS. The molecular weight excluding hydrogens is 387 g/mol. The molecule has 5 nitrogen and oxygen atoms in total. The fourth-order valence-corrected chi connectivity index (χ4v) is 1.52. The minimum absolute atomic E-state index is 0. The molecule has 3 N–H and O–H groups in total. The molecule has 0 spiro atoms. The number of guanidine groups is 1. The fraction of sp³-hybridized carbons (Fsp3) is 0.846. The standard InChI is InChI=1S/C13H28N4OS.HI/c1-7-14-12(15-8-10(2)19-6)16-9-11(18)17-13(3,4)5;/h10H,7-9H2,1-6H3,(H,17,18)(H2,14,15,16);1H. The first-order chi connectivity index (χ1) is 8.78. The first-order valence-corrected chi connectivity index (χ1v) is 7.93. The maximum Gasteiger partial charge on any atom is 0.242 e. The van der Waals surface area contributed by atoms with Crippen LogP contribution in [-0.2, 0) is 4.79 Å². The molecule has 0 aromatic rings. The van der Waals surface area contributed by atoms with Gasteiger partial charge in [-0.2, -0.15) is 11.8 Å². The molecule has 0 aromatic carbocycles. The maximum absolute atomic E-state index is 11.7. The van der Waals surface area contributed by atoms with Gasteiger partial charge >= 0.3 is 0 Å². The van der Waals surface area contributed by atoms with Crippen LogP contribution in [-0.4, -0.2) is 48.5 Å². The zero-order valence-electron chi connectivity index (χ0n) is 13.4. The molecule has 0 saturated heterocycles.